The number of carbonyl (C=O) groups is 2. The third-order valence-electron chi connectivity index (χ3n) is 4.87. The fraction of sp³-hybridized carbons (Fsp3) is 0.200. The van der Waals surface area contributed by atoms with Crippen molar-refractivity contribution in [2.75, 3.05) is 13.2 Å². The molecule has 8 heteroatoms. The van der Waals surface area contributed by atoms with Gasteiger partial charge in [-0.15, -0.1) is 0 Å². The summed E-state index contributed by atoms with van der Waals surface area (Å²) in [4.78, 5) is 23.9. The van der Waals surface area contributed by atoms with Crippen LogP contribution in [0.15, 0.2) is 59.7 Å². The Morgan fingerprint density at radius 1 is 1.15 bits per heavy atom. The summed E-state index contributed by atoms with van der Waals surface area (Å²) in [5.74, 6) is -0.451. The highest BCUT2D eigenvalue weighted by atomic mass is 16.5. The lowest BCUT2D eigenvalue weighted by Gasteiger charge is -2.10. The zero-order chi connectivity index (χ0) is 23.8. The van der Waals surface area contributed by atoms with Crippen LogP contribution in [-0.4, -0.2) is 35.9 Å². The number of para-hydroxylation sites is 1. The topological polar surface area (TPSA) is 106 Å². The molecule has 0 spiro atoms. The van der Waals surface area contributed by atoms with Gasteiger partial charge in [-0.3, -0.25) is 4.79 Å². The molecule has 1 heterocycles. The normalized spacial score (nSPS) is 10.6. The van der Waals surface area contributed by atoms with E-state index in [1.54, 1.807) is 49.5 Å². The zero-order valence-corrected chi connectivity index (χ0v) is 18.7. The molecule has 0 fully saturated rings. The smallest absolute Gasteiger partial charge is 0.338 e. The molecular formula is C25H24N4O4. The summed E-state index contributed by atoms with van der Waals surface area (Å²) in [6.45, 7) is 5.74. The molecular weight excluding hydrogens is 420 g/mol. The van der Waals surface area contributed by atoms with Gasteiger partial charge in [-0.1, -0.05) is 12.1 Å². The molecule has 2 aromatic carbocycles. The van der Waals surface area contributed by atoms with Crippen LogP contribution in [0.2, 0.25) is 0 Å². The summed E-state index contributed by atoms with van der Waals surface area (Å²) in [5.41, 5.74) is 6.90. The fourth-order valence-electron chi connectivity index (χ4n) is 3.31. The van der Waals surface area contributed by atoms with Gasteiger partial charge >= 0.3 is 5.97 Å². The molecule has 0 unspecified atom stereocenters. The second-order valence-corrected chi connectivity index (χ2v) is 7.12. The number of nitrogens with one attached hydrogen (secondary N) is 1. The van der Waals surface area contributed by atoms with E-state index in [1.165, 1.54) is 0 Å². The van der Waals surface area contributed by atoms with Gasteiger partial charge in [0.1, 0.15) is 11.8 Å². The molecule has 3 aromatic rings. The number of hydrazone groups is 1. The summed E-state index contributed by atoms with van der Waals surface area (Å²) >= 11 is 0. The molecule has 3 rings (SSSR count). The lowest BCUT2D eigenvalue weighted by atomic mass is 10.2. The molecule has 8 nitrogen and oxygen atoms in total. The first kappa shape index (κ1) is 23.3. The number of carbonyl (C=O) groups excluding carboxylic acids is 2. The minimum absolute atomic E-state index is 0.262. The third-order valence-corrected chi connectivity index (χ3v) is 4.87. The Morgan fingerprint density at radius 3 is 2.58 bits per heavy atom. The predicted molar refractivity (Wildman–Crippen MR) is 124 cm³/mol. The number of amides is 1. The van der Waals surface area contributed by atoms with Crippen LogP contribution < -0.4 is 10.2 Å². The minimum Gasteiger partial charge on any atom is -0.482 e. The maximum atomic E-state index is 12.0. The highest BCUT2D eigenvalue weighted by Gasteiger charge is 2.12. The summed E-state index contributed by atoms with van der Waals surface area (Å²) in [6.07, 6.45) is 1.56. The Balaban J connectivity index is 1.64. The van der Waals surface area contributed by atoms with E-state index in [1.807, 2.05) is 42.7 Å². The molecule has 0 atom stereocenters. The fourth-order valence-corrected chi connectivity index (χ4v) is 3.31. The van der Waals surface area contributed by atoms with Crippen LogP contribution in [0.5, 0.6) is 5.75 Å². The van der Waals surface area contributed by atoms with E-state index in [-0.39, 0.29) is 12.6 Å². The summed E-state index contributed by atoms with van der Waals surface area (Å²) < 4.78 is 12.4. The zero-order valence-electron chi connectivity index (χ0n) is 18.7. The van der Waals surface area contributed by atoms with Gasteiger partial charge in [0.25, 0.3) is 5.91 Å². The minimum atomic E-state index is -0.442. The molecule has 0 bridgehead atoms. The van der Waals surface area contributed by atoms with Gasteiger partial charge in [0.2, 0.25) is 0 Å². The third kappa shape index (κ3) is 5.66. The van der Waals surface area contributed by atoms with Gasteiger partial charge in [0, 0.05) is 22.6 Å². The van der Waals surface area contributed by atoms with Crippen LogP contribution >= 0.6 is 0 Å². The highest BCUT2D eigenvalue weighted by molar-refractivity contribution is 5.89. The van der Waals surface area contributed by atoms with Crippen molar-refractivity contribution < 1.29 is 19.1 Å². The molecule has 1 aromatic heterocycles. The molecule has 0 saturated heterocycles. The molecule has 33 heavy (non-hydrogen) atoms. The van der Waals surface area contributed by atoms with Crippen LogP contribution in [0.3, 0.4) is 0 Å². The number of ether oxygens (including phenoxy) is 2. The van der Waals surface area contributed by atoms with Crippen LogP contribution in [0, 0.1) is 25.2 Å². The van der Waals surface area contributed by atoms with E-state index in [4.69, 9.17) is 14.7 Å². The van der Waals surface area contributed by atoms with Crippen LogP contribution in [-0.2, 0) is 9.53 Å². The Kier molecular flexibility index (Phi) is 7.60. The van der Waals surface area contributed by atoms with Gasteiger partial charge in [-0.05, 0) is 63.2 Å². The largest absolute Gasteiger partial charge is 0.482 e. The van der Waals surface area contributed by atoms with E-state index >= 15 is 0 Å². The first-order chi connectivity index (χ1) is 15.9. The van der Waals surface area contributed by atoms with Crippen LogP contribution in [0.4, 0.5) is 0 Å². The number of nitrogens with zero attached hydrogens (tertiary/aromatic N) is 3. The molecule has 168 valence electrons. The summed E-state index contributed by atoms with van der Waals surface area (Å²) in [7, 11) is 0. The van der Waals surface area contributed by atoms with Gasteiger partial charge in [0.05, 0.1) is 23.9 Å². The van der Waals surface area contributed by atoms with Crippen molar-refractivity contribution >= 4 is 18.1 Å². The average Bonchev–Trinajstić information content (AvgIpc) is 3.11. The van der Waals surface area contributed by atoms with Crippen LogP contribution in [0.1, 0.15) is 39.8 Å². The van der Waals surface area contributed by atoms with E-state index < -0.39 is 5.91 Å². The molecule has 0 aliphatic heterocycles. The van der Waals surface area contributed by atoms with E-state index in [2.05, 4.69) is 10.5 Å². The Hall–Kier alpha value is -4.38. The number of aromatic nitrogens is 1. The second-order valence-electron chi connectivity index (χ2n) is 7.12. The quantitative estimate of drug-likeness (QED) is 0.324. The van der Waals surface area contributed by atoms with Gasteiger partial charge in [-0.25, -0.2) is 10.2 Å². The SMILES string of the molecule is CCOC(=O)c1ccc(-n2c(C)cc(/C=N/NC(=O)COc3ccccc3C#N)c2C)cc1. The van der Waals surface area contributed by atoms with Crippen molar-refractivity contribution in [3.8, 4) is 17.5 Å². The lowest BCUT2D eigenvalue weighted by molar-refractivity contribution is -0.123. The van der Waals surface area contributed by atoms with Gasteiger partial charge < -0.3 is 14.0 Å². The maximum absolute atomic E-state index is 12.0. The first-order valence-corrected chi connectivity index (χ1v) is 10.3. The standard InChI is InChI=1S/C25H24N4O4/c1-4-32-25(31)19-9-11-22(12-10-19)29-17(2)13-21(18(29)3)15-27-28-24(30)16-33-23-8-6-5-7-20(23)14-26/h5-13,15H,4,16H2,1-3H3,(H,28,30)/b27-15+. The van der Waals surface area contributed by atoms with E-state index in [0.717, 1.165) is 22.6 Å². The summed E-state index contributed by atoms with van der Waals surface area (Å²) in [5, 5.41) is 13.1. The molecule has 1 N–H and O–H groups in total. The highest BCUT2D eigenvalue weighted by Crippen LogP contribution is 2.20. The number of nitriles is 1. The van der Waals surface area contributed by atoms with Crippen molar-refractivity contribution in [3.63, 3.8) is 0 Å². The summed E-state index contributed by atoms with van der Waals surface area (Å²) in [6, 6.07) is 17.8. The number of hydrogen-bond donors (Lipinski definition) is 1. The molecule has 0 radical (unpaired) electrons. The van der Waals surface area contributed by atoms with Gasteiger partial charge in [0.15, 0.2) is 6.61 Å². The van der Waals surface area contributed by atoms with Crippen molar-refractivity contribution in [2.45, 2.75) is 20.8 Å². The molecule has 1 amide bonds. The van der Waals surface area contributed by atoms with Crippen LogP contribution in [0.25, 0.3) is 5.69 Å². The van der Waals surface area contributed by atoms with E-state index in [0.29, 0.717) is 23.5 Å². The van der Waals surface area contributed by atoms with Crippen molar-refractivity contribution in [1.82, 2.24) is 9.99 Å². The Bertz CT molecular complexity index is 1220. The first-order valence-electron chi connectivity index (χ1n) is 10.3. The molecule has 0 saturated carbocycles. The maximum Gasteiger partial charge on any atom is 0.338 e. The molecule has 0 aliphatic carbocycles. The van der Waals surface area contributed by atoms with E-state index in [9.17, 15) is 9.59 Å². The number of aryl methyl sites for hydroxylation is 1. The van der Waals surface area contributed by atoms with Crippen molar-refractivity contribution in [3.05, 3.63) is 82.7 Å². The average molecular weight is 444 g/mol. The second kappa shape index (κ2) is 10.8. The predicted octanol–water partition coefficient (Wildman–Crippen LogP) is 3.67. The number of hydrogen-bond acceptors (Lipinski definition) is 6. The molecule has 0 aliphatic rings. The van der Waals surface area contributed by atoms with Crippen molar-refractivity contribution in [1.29, 1.82) is 5.26 Å². The lowest BCUT2D eigenvalue weighted by Crippen LogP contribution is -2.24. The van der Waals surface area contributed by atoms with Gasteiger partial charge in [-0.2, -0.15) is 10.4 Å². The monoisotopic (exact) mass is 444 g/mol. The number of benzene rings is 2. The number of rotatable bonds is 8. The Labute approximate surface area is 192 Å². The van der Waals surface area contributed by atoms with Crippen molar-refractivity contribution in [2.24, 2.45) is 5.10 Å². The Morgan fingerprint density at radius 2 is 1.88 bits per heavy atom. The number of esters is 1.